The molecule has 0 aliphatic carbocycles. The molecule has 3 rings (SSSR count). The molecule has 0 spiro atoms. The fourth-order valence-electron chi connectivity index (χ4n) is 2.86. The van der Waals surface area contributed by atoms with Crippen LogP contribution >= 0.6 is 11.3 Å². The molecule has 1 aromatic heterocycles. The Kier molecular flexibility index (Phi) is 8.30. The molecule has 0 atom stereocenters. The van der Waals surface area contributed by atoms with Crippen molar-refractivity contribution in [2.45, 2.75) is 25.2 Å². The lowest BCUT2D eigenvalue weighted by molar-refractivity contribution is -0.387. The summed E-state index contributed by atoms with van der Waals surface area (Å²) >= 11 is 1.19. The lowest BCUT2D eigenvalue weighted by atomic mass is 10.1. The Bertz CT molecular complexity index is 1480. The van der Waals surface area contributed by atoms with Crippen LogP contribution in [0.15, 0.2) is 52.9 Å². The molecule has 1 heterocycles. The van der Waals surface area contributed by atoms with E-state index in [4.69, 9.17) is 8.92 Å². The lowest BCUT2D eigenvalue weighted by Gasteiger charge is -2.13. The summed E-state index contributed by atoms with van der Waals surface area (Å²) in [7, 11) is -4.58. The van der Waals surface area contributed by atoms with Crippen molar-refractivity contribution in [1.29, 1.82) is 5.26 Å². The van der Waals surface area contributed by atoms with E-state index in [2.05, 4.69) is 15.5 Å². The number of ether oxygens (including phenoxy) is 1. The summed E-state index contributed by atoms with van der Waals surface area (Å²) in [5, 5.41) is 31.9. The highest BCUT2D eigenvalue weighted by atomic mass is 32.2. The number of rotatable bonds is 10. The second kappa shape index (κ2) is 11.4. The molecule has 3 aromatic rings. The molecule has 0 aliphatic rings. The van der Waals surface area contributed by atoms with Gasteiger partial charge in [0, 0.05) is 6.07 Å². The maximum atomic E-state index is 12.8. The third kappa shape index (κ3) is 6.20. The van der Waals surface area contributed by atoms with Crippen LogP contribution in [0, 0.1) is 21.4 Å². The summed E-state index contributed by atoms with van der Waals surface area (Å²) in [4.78, 5) is 22.3. The maximum Gasteiger partial charge on any atom is 0.346 e. The maximum absolute atomic E-state index is 12.8. The van der Waals surface area contributed by atoms with Crippen LogP contribution in [0.3, 0.4) is 0 Å². The number of benzene rings is 2. The molecule has 36 heavy (non-hydrogen) atoms. The van der Waals surface area contributed by atoms with Crippen LogP contribution in [0.2, 0.25) is 0 Å². The summed E-state index contributed by atoms with van der Waals surface area (Å²) in [6, 6.07) is 10.6. The third-order valence-electron chi connectivity index (χ3n) is 4.46. The molecule has 0 bridgehead atoms. The van der Waals surface area contributed by atoms with E-state index in [0.717, 1.165) is 17.1 Å². The van der Waals surface area contributed by atoms with Gasteiger partial charge in [-0.3, -0.25) is 20.2 Å². The molecule has 1 N–H and O–H groups in total. The van der Waals surface area contributed by atoms with E-state index in [1.165, 1.54) is 47.7 Å². The number of aryl methyl sites for hydroxylation is 1. The number of anilines is 1. The minimum absolute atomic E-state index is 0.0113. The first-order chi connectivity index (χ1) is 17.2. The van der Waals surface area contributed by atoms with Crippen LogP contribution in [-0.4, -0.2) is 36.1 Å². The number of nitro groups is 1. The van der Waals surface area contributed by atoms with Crippen molar-refractivity contribution in [3.8, 4) is 17.6 Å². The summed E-state index contributed by atoms with van der Waals surface area (Å²) in [5.74, 6) is -0.938. The van der Waals surface area contributed by atoms with Crippen molar-refractivity contribution in [3.63, 3.8) is 0 Å². The van der Waals surface area contributed by atoms with E-state index in [1.54, 1.807) is 6.92 Å². The Balaban J connectivity index is 1.90. The standard InChI is InChI=1S/C22H19N5O7S2/c1-3-20-25-26-22(35-20)24-21(28)15(13-23)11-14-9-10-17(18(12-14)33-4-2)34-36(31,32)19-8-6-5-7-16(19)27(29)30/h5-12H,3-4H2,1-2H3,(H,24,26,28). The quantitative estimate of drug-likeness (QED) is 0.134. The number of carbonyl (C=O) groups is 1. The van der Waals surface area contributed by atoms with E-state index < -0.39 is 31.5 Å². The Hall–Kier alpha value is -4.35. The number of hydrogen-bond donors (Lipinski definition) is 1. The molecule has 0 fully saturated rings. The number of nitrogens with zero attached hydrogens (tertiary/aromatic N) is 4. The highest BCUT2D eigenvalue weighted by Crippen LogP contribution is 2.34. The zero-order chi connectivity index (χ0) is 26.3. The minimum Gasteiger partial charge on any atom is -0.490 e. The monoisotopic (exact) mass is 529 g/mol. The van der Waals surface area contributed by atoms with Crippen LogP contribution in [0.25, 0.3) is 6.08 Å². The van der Waals surface area contributed by atoms with Crippen LogP contribution < -0.4 is 14.2 Å². The molecule has 14 heteroatoms. The SMILES string of the molecule is CCOc1cc(C=C(C#N)C(=O)Nc2nnc(CC)s2)ccc1OS(=O)(=O)c1ccccc1[N+](=O)[O-]. The van der Waals surface area contributed by atoms with Crippen LogP contribution in [-0.2, 0) is 21.3 Å². The number of nitriles is 1. The van der Waals surface area contributed by atoms with Crippen molar-refractivity contribution in [2.24, 2.45) is 0 Å². The van der Waals surface area contributed by atoms with Gasteiger partial charge in [-0.15, -0.1) is 10.2 Å². The van der Waals surface area contributed by atoms with E-state index in [9.17, 15) is 28.6 Å². The fraction of sp³-hybridized carbons (Fsp3) is 0.182. The Morgan fingerprint density at radius 1 is 1.22 bits per heavy atom. The first-order valence-electron chi connectivity index (χ1n) is 10.4. The molecule has 2 aromatic carbocycles. The Morgan fingerprint density at radius 2 is 1.97 bits per heavy atom. The van der Waals surface area contributed by atoms with Crippen molar-refractivity contribution in [1.82, 2.24) is 10.2 Å². The summed E-state index contributed by atoms with van der Waals surface area (Å²) < 4.78 is 36.2. The topological polar surface area (TPSA) is 174 Å². The smallest absolute Gasteiger partial charge is 0.346 e. The zero-order valence-electron chi connectivity index (χ0n) is 19.0. The van der Waals surface area contributed by atoms with E-state index in [1.807, 2.05) is 13.0 Å². The highest BCUT2D eigenvalue weighted by Gasteiger charge is 2.28. The number of para-hydroxylation sites is 1. The number of hydrogen-bond acceptors (Lipinski definition) is 11. The van der Waals surface area contributed by atoms with Gasteiger partial charge in [0.25, 0.3) is 11.6 Å². The van der Waals surface area contributed by atoms with Gasteiger partial charge in [0.05, 0.1) is 11.5 Å². The normalized spacial score (nSPS) is 11.4. The number of aromatic nitrogens is 2. The number of carbonyl (C=O) groups excluding carboxylic acids is 1. The Morgan fingerprint density at radius 3 is 2.61 bits per heavy atom. The lowest BCUT2D eigenvalue weighted by Crippen LogP contribution is -2.13. The predicted molar refractivity (Wildman–Crippen MR) is 130 cm³/mol. The van der Waals surface area contributed by atoms with Crippen molar-refractivity contribution < 1.29 is 27.1 Å². The third-order valence-corrected chi connectivity index (χ3v) is 6.73. The van der Waals surface area contributed by atoms with Gasteiger partial charge < -0.3 is 8.92 Å². The first kappa shape index (κ1) is 26.3. The molecule has 0 saturated heterocycles. The van der Waals surface area contributed by atoms with E-state index in [-0.39, 0.29) is 28.8 Å². The summed E-state index contributed by atoms with van der Waals surface area (Å²) in [5.41, 5.74) is -0.542. The van der Waals surface area contributed by atoms with Gasteiger partial charge in [0.2, 0.25) is 5.13 Å². The van der Waals surface area contributed by atoms with Crippen molar-refractivity contribution in [3.05, 3.63) is 68.7 Å². The molecule has 0 unspecified atom stereocenters. The number of nitro benzene ring substituents is 1. The second-order valence-electron chi connectivity index (χ2n) is 6.88. The van der Waals surface area contributed by atoms with Gasteiger partial charge in [0.15, 0.2) is 16.4 Å². The van der Waals surface area contributed by atoms with Crippen molar-refractivity contribution in [2.75, 3.05) is 11.9 Å². The van der Waals surface area contributed by atoms with Crippen LogP contribution in [0.5, 0.6) is 11.5 Å². The molecule has 1 amide bonds. The second-order valence-corrected chi connectivity index (χ2v) is 9.46. The van der Waals surface area contributed by atoms with Crippen molar-refractivity contribution >= 4 is 44.3 Å². The van der Waals surface area contributed by atoms with Crippen LogP contribution in [0.4, 0.5) is 10.8 Å². The number of nitrogens with one attached hydrogen (secondary N) is 1. The molecule has 0 aliphatic heterocycles. The van der Waals surface area contributed by atoms with Gasteiger partial charge in [-0.05, 0) is 43.2 Å². The van der Waals surface area contributed by atoms with Gasteiger partial charge in [-0.25, -0.2) is 0 Å². The molecule has 0 radical (unpaired) electrons. The molecule has 186 valence electrons. The average molecular weight is 530 g/mol. The van der Waals surface area contributed by atoms with Gasteiger partial charge in [-0.1, -0.05) is 36.5 Å². The predicted octanol–water partition coefficient (Wildman–Crippen LogP) is 3.72. The first-order valence-corrected chi connectivity index (χ1v) is 12.6. The van der Waals surface area contributed by atoms with E-state index >= 15 is 0 Å². The molecule has 12 nitrogen and oxygen atoms in total. The van der Waals surface area contributed by atoms with Crippen LogP contribution in [0.1, 0.15) is 24.4 Å². The van der Waals surface area contributed by atoms with Gasteiger partial charge in [-0.2, -0.15) is 13.7 Å². The molecular formula is C22H19N5O7S2. The largest absolute Gasteiger partial charge is 0.490 e. The van der Waals surface area contributed by atoms with E-state index in [0.29, 0.717) is 12.0 Å². The fourth-order valence-corrected chi connectivity index (χ4v) is 4.64. The molecular weight excluding hydrogens is 510 g/mol. The summed E-state index contributed by atoms with van der Waals surface area (Å²) in [6.07, 6.45) is 1.93. The van der Waals surface area contributed by atoms with Gasteiger partial charge >= 0.3 is 10.1 Å². The Labute approximate surface area is 210 Å². The highest BCUT2D eigenvalue weighted by molar-refractivity contribution is 7.87. The van der Waals surface area contributed by atoms with Gasteiger partial charge in [0.1, 0.15) is 16.6 Å². The number of amides is 1. The average Bonchev–Trinajstić information content (AvgIpc) is 3.31. The zero-order valence-corrected chi connectivity index (χ0v) is 20.6. The minimum atomic E-state index is -4.58. The summed E-state index contributed by atoms with van der Waals surface area (Å²) in [6.45, 7) is 3.68. The molecule has 0 saturated carbocycles.